The third-order valence-corrected chi connectivity index (χ3v) is 3.12. The lowest BCUT2D eigenvalue weighted by Gasteiger charge is -2.02. The molecule has 0 N–H and O–H groups in total. The summed E-state index contributed by atoms with van der Waals surface area (Å²) < 4.78 is 0.847. The van der Waals surface area contributed by atoms with Crippen molar-refractivity contribution in [2.75, 3.05) is 0 Å². The lowest BCUT2D eigenvalue weighted by molar-refractivity contribution is 0.807. The van der Waals surface area contributed by atoms with E-state index in [0.29, 0.717) is 0 Å². The van der Waals surface area contributed by atoms with Crippen LogP contribution >= 0.6 is 34.5 Å². The molecule has 0 bridgehead atoms. The van der Waals surface area contributed by atoms with E-state index >= 15 is 0 Å². The van der Waals surface area contributed by atoms with Gasteiger partial charge in [0.2, 0.25) is 0 Å². The van der Waals surface area contributed by atoms with Gasteiger partial charge in [0.15, 0.2) is 0 Å². The molecule has 0 aliphatic rings. The number of rotatable bonds is 3. The summed E-state index contributed by atoms with van der Waals surface area (Å²) in [7, 11) is 0. The van der Waals surface area contributed by atoms with Gasteiger partial charge in [-0.3, -0.25) is 0 Å². The van der Waals surface area contributed by atoms with Crippen LogP contribution in [0, 0.1) is 0 Å². The molecule has 0 amide bonds. The van der Waals surface area contributed by atoms with Crippen LogP contribution in [0.5, 0.6) is 0 Å². The second-order valence-corrected chi connectivity index (χ2v) is 4.63. The van der Waals surface area contributed by atoms with Crippen LogP contribution in [0.1, 0.15) is 18.9 Å². The van der Waals surface area contributed by atoms with Crippen LogP contribution in [0.3, 0.4) is 0 Å². The smallest absolute Gasteiger partial charge is 0.0931 e. The maximum atomic E-state index is 5.97. The SMILES string of the molecule is CCC(Cl)Cc1csc(Cl)c1. The monoisotopic (exact) mass is 208 g/mol. The highest BCUT2D eigenvalue weighted by molar-refractivity contribution is 7.14. The quantitative estimate of drug-likeness (QED) is 0.661. The maximum Gasteiger partial charge on any atom is 0.0931 e. The molecule has 0 fully saturated rings. The minimum Gasteiger partial charge on any atom is -0.132 e. The zero-order valence-electron chi connectivity index (χ0n) is 6.31. The maximum absolute atomic E-state index is 5.97. The molecule has 62 valence electrons. The van der Waals surface area contributed by atoms with Gasteiger partial charge in [-0.2, -0.15) is 0 Å². The fraction of sp³-hybridized carbons (Fsp3) is 0.500. The molecule has 0 radical (unpaired) electrons. The Morgan fingerprint density at radius 2 is 2.36 bits per heavy atom. The zero-order chi connectivity index (χ0) is 8.27. The molecule has 1 unspecified atom stereocenters. The van der Waals surface area contributed by atoms with E-state index in [1.807, 2.05) is 6.07 Å². The van der Waals surface area contributed by atoms with Crippen molar-refractivity contribution in [3.05, 3.63) is 21.3 Å². The predicted octanol–water partition coefficient (Wildman–Crippen LogP) is 3.96. The third kappa shape index (κ3) is 3.02. The van der Waals surface area contributed by atoms with Crippen molar-refractivity contribution < 1.29 is 0 Å². The van der Waals surface area contributed by atoms with E-state index in [4.69, 9.17) is 23.2 Å². The number of halogens is 2. The Balaban J connectivity index is 2.50. The van der Waals surface area contributed by atoms with Crippen molar-refractivity contribution in [1.82, 2.24) is 0 Å². The Morgan fingerprint density at radius 3 is 2.82 bits per heavy atom. The molecule has 1 rings (SSSR count). The molecule has 0 saturated heterocycles. The van der Waals surface area contributed by atoms with E-state index in [1.54, 1.807) is 11.3 Å². The molecular formula is C8H10Cl2S. The summed E-state index contributed by atoms with van der Waals surface area (Å²) in [5.74, 6) is 0. The number of hydrogen-bond acceptors (Lipinski definition) is 1. The highest BCUT2D eigenvalue weighted by Gasteiger charge is 2.04. The van der Waals surface area contributed by atoms with E-state index in [2.05, 4.69) is 12.3 Å². The minimum absolute atomic E-state index is 0.251. The molecule has 1 aromatic rings. The predicted molar refractivity (Wildman–Crippen MR) is 53.0 cm³/mol. The minimum atomic E-state index is 0.251. The molecule has 0 spiro atoms. The number of alkyl halides is 1. The van der Waals surface area contributed by atoms with E-state index < -0.39 is 0 Å². The average molecular weight is 209 g/mol. The highest BCUT2D eigenvalue weighted by Crippen LogP contribution is 2.22. The largest absolute Gasteiger partial charge is 0.132 e. The molecule has 3 heteroatoms. The van der Waals surface area contributed by atoms with E-state index in [9.17, 15) is 0 Å². The van der Waals surface area contributed by atoms with Crippen LogP contribution < -0.4 is 0 Å². The van der Waals surface area contributed by atoms with E-state index in [-0.39, 0.29) is 5.38 Å². The van der Waals surface area contributed by atoms with Gasteiger partial charge in [0, 0.05) is 5.38 Å². The molecular weight excluding hydrogens is 199 g/mol. The van der Waals surface area contributed by atoms with Crippen molar-refractivity contribution in [3.63, 3.8) is 0 Å². The summed E-state index contributed by atoms with van der Waals surface area (Å²) in [6, 6.07) is 1.98. The Morgan fingerprint density at radius 1 is 1.64 bits per heavy atom. The fourth-order valence-corrected chi connectivity index (χ4v) is 1.95. The Labute approximate surface area is 81.1 Å². The lowest BCUT2D eigenvalue weighted by Crippen LogP contribution is -1.99. The molecule has 11 heavy (non-hydrogen) atoms. The lowest BCUT2D eigenvalue weighted by atomic mass is 10.1. The number of hydrogen-bond donors (Lipinski definition) is 0. The van der Waals surface area contributed by atoms with Crippen molar-refractivity contribution in [3.8, 4) is 0 Å². The first-order chi connectivity index (χ1) is 5.22. The van der Waals surface area contributed by atoms with Gasteiger partial charge >= 0.3 is 0 Å². The highest BCUT2D eigenvalue weighted by atomic mass is 35.5. The topological polar surface area (TPSA) is 0 Å². The van der Waals surface area contributed by atoms with Gasteiger partial charge in [-0.05, 0) is 29.9 Å². The van der Waals surface area contributed by atoms with Gasteiger partial charge in [0.05, 0.1) is 4.34 Å². The Bertz CT molecular complexity index is 220. The molecule has 1 aromatic heterocycles. The van der Waals surface area contributed by atoms with Gasteiger partial charge in [0.1, 0.15) is 0 Å². The van der Waals surface area contributed by atoms with Crippen LogP contribution in [0.2, 0.25) is 4.34 Å². The standard InChI is InChI=1S/C8H10Cl2S/c1-2-7(9)3-6-4-8(10)11-5-6/h4-5,7H,2-3H2,1H3. The Kier molecular flexibility index (Phi) is 3.70. The molecule has 1 heterocycles. The first-order valence-electron chi connectivity index (χ1n) is 3.59. The summed E-state index contributed by atoms with van der Waals surface area (Å²) in [5.41, 5.74) is 1.25. The fourth-order valence-electron chi connectivity index (χ4n) is 0.853. The molecule has 1 atom stereocenters. The summed E-state index contributed by atoms with van der Waals surface area (Å²) >= 11 is 13.3. The first-order valence-corrected chi connectivity index (χ1v) is 5.28. The summed E-state index contributed by atoms with van der Waals surface area (Å²) in [6.07, 6.45) is 1.94. The van der Waals surface area contributed by atoms with Gasteiger partial charge in [0.25, 0.3) is 0 Å². The van der Waals surface area contributed by atoms with Crippen LogP contribution in [-0.2, 0) is 6.42 Å². The molecule has 0 aromatic carbocycles. The molecule has 0 nitrogen and oxygen atoms in total. The van der Waals surface area contributed by atoms with Crippen LogP contribution in [0.15, 0.2) is 11.4 Å². The van der Waals surface area contributed by atoms with Gasteiger partial charge < -0.3 is 0 Å². The summed E-state index contributed by atoms with van der Waals surface area (Å²) in [6.45, 7) is 2.09. The Hall–Kier alpha value is 0.280. The van der Waals surface area contributed by atoms with Crippen molar-refractivity contribution in [2.24, 2.45) is 0 Å². The average Bonchev–Trinajstić information content (AvgIpc) is 2.35. The number of thiophene rings is 1. The van der Waals surface area contributed by atoms with Crippen LogP contribution in [-0.4, -0.2) is 5.38 Å². The molecule has 0 aliphatic carbocycles. The van der Waals surface area contributed by atoms with Crippen LogP contribution in [0.25, 0.3) is 0 Å². The first kappa shape index (κ1) is 9.37. The van der Waals surface area contributed by atoms with Crippen LogP contribution in [0.4, 0.5) is 0 Å². The molecule has 0 aliphatic heterocycles. The van der Waals surface area contributed by atoms with Crippen molar-refractivity contribution in [2.45, 2.75) is 25.1 Å². The van der Waals surface area contributed by atoms with Gasteiger partial charge in [-0.1, -0.05) is 18.5 Å². The van der Waals surface area contributed by atoms with Crippen molar-refractivity contribution >= 4 is 34.5 Å². The summed E-state index contributed by atoms with van der Waals surface area (Å²) in [5, 5.41) is 2.31. The van der Waals surface area contributed by atoms with Gasteiger partial charge in [-0.25, -0.2) is 0 Å². The van der Waals surface area contributed by atoms with Gasteiger partial charge in [-0.15, -0.1) is 22.9 Å². The van der Waals surface area contributed by atoms with E-state index in [0.717, 1.165) is 17.2 Å². The zero-order valence-corrected chi connectivity index (χ0v) is 8.64. The normalized spacial score (nSPS) is 13.4. The molecule has 0 saturated carbocycles. The van der Waals surface area contributed by atoms with Crippen molar-refractivity contribution in [1.29, 1.82) is 0 Å². The second-order valence-electron chi connectivity index (χ2n) is 2.47. The third-order valence-electron chi connectivity index (χ3n) is 1.52. The summed E-state index contributed by atoms with van der Waals surface area (Å²) in [4.78, 5) is 0. The second kappa shape index (κ2) is 4.34. The van der Waals surface area contributed by atoms with E-state index in [1.165, 1.54) is 5.56 Å².